The van der Waals surface area contributed by atoms with Crippen molar-refractivity contribution in [3.8, 4) is 5.75 Å². The van der Waals surface area contributed by atoms with E-state index in [-0.39, 0.29) is 11.9 Å². The first kappa shape index (κ1) is 21.2. The van der Waals surface area contributed by atoms with Crippen molar-refractivity contribution in [2.75, 3.05) is 17.6 Å². The Kier molecular flexibility index (Phi) is 6.17. The second-order valence-corrected chi connectivity index (χ2v) is 9.61. The predicted molar refractivity (Wildman–Crippen MR) is 115 cm³/mol. The quantitative estimate of drug-likeness (QED) is 0.752. The van der Waals surface area contributed by atoms with Gasteiger partial charge in [0.15, 0.2) is 6.10 Å². The lowest BCUT2D eigenvalue weighted by Gasteiger charge is -2.20. The summed E-state index contributed by atoms with van der Waals surface area (Å²) in [5, 5.41) is 3.01. The number of rotatable bonds is 7. The summed E-state index contributed by atoms with van der Waals surface area (Å²) in [6.45, 7) is 3.67. The molecule has 0 fully saturated rings. The van der Waals surface area contributed by atoms with Crippen LogP contribution in [-0.4, -0.2) is 33.7 Å². The molecular formula is C22H28N2O4S. The number of nitrogens with one attached hydrogen (secondary N) is 1. The van der Waals surface area contributed by atoms with Gasteiger partial charge in [-0.15, -0.1) is 0 Å². The molecule has 0 bridgehead atoms. The van der Waals surface area contributed by atoms with E-state index in [0.29, 0.717) is 11.4 Å². The number of amides is 1. The molecule has 1 aliphatic carbocycles. The van der Waals surface area contributed by atoms with Gasteiger partial charge in [-0.05, 0) is 74.1 Å². The molecule has 1 N–H and O–H groups in total. The predicted octanol–water partition coefficient (Wildman–Crippen LogP) is 3.22. The summed E-state index contributed by atoms with van der Waals surface area (Å²) in [5.74, 6) is 0.304. The number of aryl methyl sites for hydroxylation is 2. The number of carbonyl (C=O) groups excluding carboxylic acids is 1. The van der Waals surface area contributed by atoms with Crippen molar-refractivity contribution in [1.29, 1.82) is 0 Å². The van der Waals surface area contributed by atoms with Gasteiger partial charge in [-0.2, -0.15) is 0 Å². The van der Waals surface area contributed by atoms with E-state index in [2.05, 4.69) is 23.5 Å². The van der Waals surface area contributed by atoms with Gasteiger partial charge < -0.3 is 10.1 Å². The molecule has 2 aromatic rings. The molecule has 0 radical (unpaired) electrons. The van der Waals surface area contributed by atoms with Gasteiger partial charge in [0, 0.05) is 7.05 Å². The third-order valence-electron chi connectivity index (χ3n) is 5.36. The lowest BCUT2D eigenvalue weighted by molar-refractivity contribution is -0.127. The Morgan fingerprint density at radius 1 is 1.07 bits per heavy atom. The second-order valence-electron chi connectivity index (χ2n) is 7.60. The highest BCUT2D eigenvalue weighted by molar-refractivity contribution is 7.92. The van der Waals surface area contributed by atoms with Crippen molar-refractivity contribution < 1.29 is 17.9 Å². The number of anilines is 1. The lowest BCUT2D eigenvalue weighted by atomic mass is 10.0. The number of hydrogen-bond acceptors (Lipinski definition) is 4. The number of nitrogens with zero attached hydrogens (tertiary/aromatic N) is 1. The summed E-state index contributed by atoms with van der Waals surface area (Å²) in [6.07, 6.45) is 3.91. The first-order chi connectivity index (χ1) is 13.6. The van der Waals surface area contributed by atoms with E-state index in [9.17, 15) is 13.2 Å². The van der Waals surface area contributed by atoms with Crippen LogP contribution in [-0.2, 0) is 27.7 Å². The second kappa shape index (κ2) is 8.45. The topological polar surface area (TPSA) is 75.7 Å². The molecule has 3 rings (SSSR count). The molecular weight excluding hydrogens is 388 g/mol. The number of fused-ring (bicyclic) bond motifs is 1. The zero-order valence-corrected chi connectivity index (χ0v) is 18.1. The van der Waals surface area contributed by atoms with Crippen LogP contribution < -0.4 is 14.4 Å². The molecule has 6 nitrogen and oxygen atoms in total. The van der Waals surface area contributed by atoms with Gasteiger partial charge in [-0.25, -0.2) is 8.42 Å². The summed E-state index contributed by atoms with van der Waals surface area (Å²) in [5.41, 5.74) is 4.42. The number of benzene rings is 2. The number of sulfonamides is 1. The zero-order chi connectivity index (χ0) is 21.2. The molecule has 0 saturated heterocycles. The fraction of sp³-hybridized carbons (Fsp3) is 0.409. The third kappa shape index (κ3) is 5.09. The maximum absolute atomic E-state index is 12.5. The minimum absolute atomic E-state index is 0.106. The van der Waals surface area contributed by atoms with Crippen LogP contribution in [0.25, 0.3) is 0 Å². The minimum atomic E-state index is -3.32. The Balaban J connectivity index is 1.59. The van der Waals surface area contributed by atoms with E-state index in [1.807, 2.05) is 6.92 Å². The van der Waals surface area contributed by atoms with Gasteiger partial charge in [0.2, 0.25) is 10.0 Å². The highest BCUT2D eigenvalue weighted by Crippen LogP contribution is 2.26. The van der Waals surface area contributed by atoms with Gasteiger partial charge in [-0.3, -0.25) is 9.10 Å². The summed E-state index contributed by atoms with van der Waals surface area (Å²) in [7, 11) is -1.83. The Morgan fingerprint density at radius 2 is 1.72 bits per heavy atom. The van der Waals surface area contributed by atoms with E-state index in [0.717, 1.165) is 24.7 Å². The fourth-order valence-electron chi connectivity index (χ4n) is 3.46. The van der Waals surface area contributed by atoms with Gasteiger partial charge >= 0.3 is 0 Å². The maximum atomic E-state index is 12.5. The highest BCUT2D eigenvalue weighted by Gasteiger charge is 2.20. The van der Waals surface area contributed by atoms with Crippen LogP contribution in [0.1, 0.15) is 43.0 Å². The van der Waals surface area contributed by atoms with Crippen LogP contribution in [0.3, 0.4) is 0 Å². The van der Waals surface area contributed by atoms with E-state index in [1.165, 1.54) is 28.9 Å². The van der Waals surface area contributed by atoms with Crippen molar-refractivity contribution in [1.82, 2.24) is 5.32 Å². The largest absolute Gasteiger partial charge is 0.481 e. The van der Waals surface area contributed by atoms with Crippen LogP contribution >= 0.6 is 0 Å². The monoisotopic (exact) mass is 416 g/mol. The van der Waals surface area contributed by atoms with Crippen LogP contribution in [0.5, 0.6) is 5.75 Å². The molecule has 0 spiro atoms. The van der Waals surface area contributed by atoms with E-state index >= 15 is 0 Å². The molecule has 7 heteroatoms. The van der Waals surface area contributed by atoms with Crippen LogP contribution in [0.2, 0.25) is 0 Å². The first-order valence-corrected chi connectivity index (χ1v) is 11.6. The molecule has 0 heterocycles. The van der Waals surface area contributed by atoms with Gasteiger partial charge in [0.25, 0.3) is 5.91 Å². The summed E-state index contributed by atoms with van der Waals surface area (Å²) < 4.78 is 30.1. The molecule has 0 aromatic heterocycles. The average Bonchev–Trinajstić information content (AvgIpc) is 3.15. The third-order valence-corrected chi connectivity index (χ3v) is 6.57. The average molecular weight is 417 g/mol. The molecule has 0 aliphatic heterocycles. The molecule has 1 aliphatic rings. The van der Waals surface area contributed by atoms with Crippen molar-refractivity contribution in [2.24, 2.45) is 0 Å². The summed E-state index contributed by atoms with van der Waals surface area (Å²) >= 11 is 0. The molecule has 2 aromatic carbocycles. The number of carbonyl (C=O) groups is 1. The Morgan fingerprint density at radius 3 is 2.38 bits per heavy atom. The molecule has 0 saturated carbocycles. The van der Waals surface area contributed by atoms with Crippen molar-refractivity contribution in [3.05, 3.63) is 59.2 Å². The van der Waals surface area contributed by atoms with E-state index in [1.54, 1.807) is 31.2 Å². The standard InChI is InChI=1S/C22H28N2O4S/c1-15(18-9-8-17-6-5-7-19(17)14-18)23-22(25)16(2)28-21-12-10-20(11-13-21)24(3)29(4,26)27/h8-16H,5-7H2,1-4H3,(H,23,25)/t15-,16+/m1/s1. The Bertz CT molecular complexity index is 986. The number of hydrogen-bond donors (Lipinski definition) is 1. The molecule has 29 heavy (non-hydrogen) atoms. The van der Waals surface area contributed by atoms with Crippen LogP contribution in [0, 0.1) is 0 Å². The SMILES string of the molecule is C[C@H](Oc1ccc(N(C)S(C)(=O)=O)cc1)C(=O)N[C@H](C)c1ccc2c(c1)CCC2. The smallest absolute Gasteiger partial charge is 0.261 e. The molecule has 1 amide bonds. The van der Waals surface area contributed by atoms with E-state index in [4.69, 9.17) is 4.74 Å². The maximum Gasteiger partial charge on any atom is 0.261 e. The molecule has 0 unspecified atom stereocenters. The summed E-state index contributed by atoms with van der Waals surface area (Å²) in [6, 6.07) is 12.9. The van der Waals surface area contributed by atoms with Gasteiger partial charge in [0.1, 0.15) is 5.75 Å². The normalized spacial score (nSPS) is 15.3. The molecule has 2 atom stereocenters. The van der Waals surface area contributed by atoms with Crippen molar-refractivity contribution in [3.63, 3.8) is 0 Å². The Labute approximate surface area is 172 Å². The van der Waals surface area contributed by atoms with Crippen LogP contribution in [0.4, 0.5) is 5.69 Å². The number of ether oxygens (including phenoxy) is 1. The van der Waals surface area contributed by atoms with Crippen LogP contribution in [0.15, 0.2) is 42.5 Å². The fourth-order valence-corrected chi connectivity index (χ4v) is 3.96. The van der Waals surface area contributed by atoms with Gasteiger partial charge in [-0.1, -0.05) is 18.2 Å². The van der Waals surface area contributed by atoms with Crippen molar-refractivity contribution in [2.45, 2.75) is 45.3 Å². The Hall–Kier alpha value is -2.54. The zero-order valence-electron chi connectivity index (χ0n) is 17.3. The lowest BCUT2D eigenvalue weighted by Crippen LogP contribution is -2.37. The summed E-state index contributed by atoms with van der Waals surface area (Å²) in [4.78, 5) is 12.5. The molecule has 156 valence electrons. The van der Waals surface area contributed by atoms with E-state index < -0.39 is 16.1 Å². The highest BCUT2D eigenvalue weighted by atomic mass is 32.2. The first-order valence-electron chi connectivity index (χ1n) is 9.78. The van der Waals surface area contributed by atoms with Crippen molar-refractivity contribution >= 4 is 21.6 Å². The van der Waals surface area contributed by atoms with Gasteiger partial charge in [0.05, 0.1) is 18.0 Å². The minimum Gasteiger partial charge on any atom is -0.481 e.